The van der Waals surface area contributed by atoms with Crippen LogP contribution in [0.2, 0.25) is 0 Å². The van der Waals surface area contributed by atoms with Gasteiger partial charge in [0.2, 0.25) is 0 Å². The molecule has 0 spiro atoms. The third kappa shape index (κ3) is 3.24. The summed E-state index contributed by atoms with van der Waals surface area (Å²) >= 11 is 0. The molecular weight excluding hydrogens is 216 g/mol. The molecule has 0 aliphatic carbocycles. The van der Waals surface area contributed by atoms with E-state index in [1.807, 2.05) is 13.8 Å². The molecule has 0 fully saturated rings. The number of aliphatic hydroxyl groups excluding tert-OH is 1. The van der Waals surface area contributed by atoms with Crippen molar-refractivity contribution in [2.45, 2.75) is 33.0 Å². The number of nitrogens with one attached hydrogen (secondary N) is 1. The monoisotopic (exact) mass is 233 g/mol. The number of nitrogens with zero attached hydrogens (tertiary/aromatic N) is 2. The summed E-state index contributed by atoms with van der Waals surface area (Å²) in [6.07, 6.45) is 2.60. The zero-order chi connectivity index (χ0) is 12.1. The van der Waals surface area contributed by atoms with Crippen LogP contribution in [-0.2, 0) is 6.54 Å². The molecule has 0 aliphatic heterocycles. The van der Waals surface area contributed by atoms with Crippen molar-refractivity contribution in [3.8, 4) is 0 Å². The number of halogens is 2. The van der Waals surface area contributed by atoms with Crippen LogP contribution in [-0.4, -0.2) is 27.3 Å². The minimum absolute atomic E-state index is 0.0489. The predicted molar refractivity (Wildman–Crippen MR) is 56.0 cm³/mol. The molecule has 1 aromatic rings. The Morgan fingerprint density at radius 3 is 2.75 bits per heavy atom. The molecule has 16 heavy (non-hydrogen) atoms. The first-order valence-electron chi connectivity index (χ1n) is 5.20. The minimum atomic E-state index is -2.56. The second kappa shape index (κ2) is 5.91. The van der Waals surface area contributed by atoms with Gasteiger partial charge in [0.05, 0.1) is 6.54 Å². The van der Waals surface area contributed by atoms with Crippen molar-refractivity contribution in [1.29, 1.82) is 0 Å². The summed E-state index contributed by atoms with van der Waals surface area (Å²) in [5.41, 5.74) is 0. The highest BCUT2D eigenvalue weighted by Crippen LogP contribution is 2.12. The molecule has 0 radical (unpaired) electrons. The van der Waals surface area contributed by atoms with E-state index in [4.69, 9.17) is 5.11 Å². The lowest BCUT2D eigenvalue weighted by Gasteiger charge is -2.19. The quantitative estimate of drug-likeness (QED) is 0.780. The molecule has 4 nitrogen and oxygen atoms in total. The zero-order valence-corrected chi connectivity index (χ0v) is 9.40. The Bertz CT molecular complexity index is 317. The molecule has 2 atom stereocenters. The third-order valence-corrected chi connectivity index (χ3v) is 2.68. The lowest BCUT2D eigenvalue weighted by molar-refractivity contribution is 0.0662. The third-order valence-electron chi connectivity index (χ3n) is 2.68. The van der Waals surface area contributed by atoms with Crippen molar-refractivity contribution in [3.05, 3.63) is 18.2 Å². The fraction of sp³-hybridized carbons (Fsp3) is 0.700. The molecule has 0 amide bonds. The molecule has 1 aromatic heterocycles. The Kier molecular flexibility index (Phi) is 4.82. The fourth-order valence-corrected chi connectivity index (χ4v) is 1.27. The fourth-order valence-electron chi connectivity index (χ4n) is 1.27. The van der Waals surface area contributed by atoms with E-state index in [0.717, 1.165) is 4.57 Å². The summed E-state index contributed by atoms with van der Waals surface area (Å²) in [6, 6.07) is 0.0489. The molecular formula is C10H17F2N3O. The van der Waals surface area contributed by atoms with Crippen LogP contribution >= 0.6 is 0 Å². The average Bonchev–Trinajstić information content (AvgIpc) is 2.72. The predicted octanol–water partition coefficient (Wildman–Crippen LogP) is 1.38. The molecule has 1 heterocycles. The Balaban J connectivity index is 2.51. The summed E-state index contributed by atoms with van der Waals surface area (Å²) in [4.78, 5) is 3.85. The molecule has 0 aromatic carbocycles. The zero-order valence-electron chi connectivity index (χ0n) is 9.40. The number of hydrogen-bond acceptors (Lipinski definition) is 3. The highest BCUT2D eigenvalue weighted by molar-refractivity contribution is 4.92. The van der Waals surface area contributed by atoms with Gasteiger partial charge in [-0.15, -0.1) is 0 Å². The Morgan fingerprint density at radius 1 is 1.50 bits per heavy atom. The van der Waals surface area contributed by atoms with Crippen LogP contribution in [0, 0.1) is 5.92 Å². The number of rotatable bonds is 6. The van der Waals surface area contributed by atoms with Gasteiger partial charge in [-0.25, -0.2) is 4.98 Å². The standard InChI is InChI=1S/C10H17F2N3O/c1-7(6-16)8(2)14-5-9-13-3-4-15(9)10(11)12/h3-4,7-8,10,14,16H,5-6H2,1-2H3. The SMILES string of the molecule is CC(CO)C(C)NCc1nccn1C(F)F. The Hall–Kier alpha value is -1.01. The highest BCUT2D eigenvalue weighted by atomic mass is 19.3. The van der Waals surface area contributed by atoms with E-state index in [1.54, 1.807) is 0 Å². The van der Waals surface area contributed by atoms with Crippen LogP contribution < -0.4 is 5.32 Å². The minimum Gasteiger partial charge on any atom is -0.396 e. The highest BCUT2D eigenvalue weighted by Gasteiger charge is 2.14. The van der Waals surface area contributed by atoms with Gasteiger partial charge in [0, 0.05) is 25.0 Å². The van der Waals surface area contributed by atoms with Gasteiger partial charge >= 0.3 is 6.55 Å². The molecule has 0 aliphatic rings. The van der Waals surface area contributed by atoms with E-state index in [9.17, 15) is 8.78 Å². The lowest BCUT2D eigenvalue weighted by Crippen LogP contribution is -2.34. The van der Waals surface area contributed by atoms with Crippen LogP contribution in [0.1, 0.15) is 26.2 Å². The molecule has 2 unspecified atom stereocenters. The van der Waals surface area contributed by atoms with Crippen LogP contribution in [0.3, 0.4) is 0 Å². The van der Waals surface area contributed by atoms with Gasteiger partial charge in [-0.2, -0.15) is 8.78 Å². The van der Waals surface area contributed by atoms with E-state index >= 15 is 0 Å². The van der Waals surface area contributed by atoms with Gasteiger partial charge < -0.3 is 10.4 Å². The number of imidazole rings is 1. The summed E-state index contributed by atoms with van der Waals surface area (Å²) in [5, 5.41) is 12.0. The summed E-state index contributed by atoms with van der Waals surface area (Å²) in [5.74, 6) is 0.377. The van der Waals surface area contributed by atoms with Gasteiger partial charge in [-0.05, 0) is 12.8 Å². The topological polar surface area (TPSA) is 50.1 Å². The van der Waals surface area contributed by atoms with Crippen molar-refractivity contribution < 1.29 is 13.9 Å². The number of hydrogen-bond donors (Lipinski definition) is 2. The van der Waals surface area contributed by atoms with Crippen LogP contribution in [0.4, 0.5) is 8.78 Å². The number of aliphatic hydroxyl groups is 1. The van der Waals surface area contributed by atoms with Crippen molar-refractivity contribution in [3.63, 3.8) is 0 Å². The van der Waals surface area contributed by atoms with Crippen molar-refractivity contribution in [2.75, 3.05) is 6.61 Å². The summed E-state index contributed by atoms with van der Waals surface area (Å²) in [7, 11) is 0. The smallest absolute Gasteiger partial charge is 0.319 e. The molecule has 2 N–H and O–H groups in total. The molecule has 0 saturated heterocycles. The molecule has 0 bridgehead atoms. The van der Waals surface area contributed by atoms with E-state index in [1.165, 1.54) is 12.4 Å². The van der Waals surface area contributed by atoms with Gasteiger partial charge in [-0.3, -0.25) is 4.57 Å². The molecule has 1 rings (SSSR count). The number of aromatic nitrogens is 2. The van der Waals surface area contributed by atoms with E-state index in [-0.39, 0.29) is 25.1 Å². The maximum absolute atomic E-state index is 12.5. The van der Waals surface area contributed by atoms with Gasteiger partial charge in [0.1, 0.15) is 5.82 Å². The van der Waals surface area contributed by atoms with Gasteiger partial charge in [0.25, 0.3) is 0 Å². The van der Waals surface area contributed by atoms with E-state index in [2.05, 4.69) is 10.3 Å². The largest absolute Gasteiger partial charge is 0.396 e. The normalized spacial score (nSPS) is 15.4. The Labute approximate surface area is 93.3 Å². The second-order valence-corrected chi connectivity index (χ2v) is 3.86. The molecule has 6 heteroatoms. The maximum atomic E-state index is 12.5. The molecule has 92 valence electrons. The van der Waals surface area contributed by atoms with Crippen LogP contribution in [0.25, 0.3) is 0 Å². The lowest BCUT2D eigenvalue weighted by atomic mass is 10.1. The summed E-state index contributed by atoms with van der Waals surface area (Å²) in [6.45, 7) is 1.55. The van der Waals surface area contributed by atoms with Gasteiger partial charge in [-0.1, -0.05) is 6.92 Å². The maximum Gasteiger partial charge on any atom is 0.319 e. The average molecular weight is 233 g/mol. The van der Waals surface area contributed by atoms with Crippen molar-refractivity contribution in [2.24, 2.45) is 5.92 Å². The van der Waals surface area contributed by atoms with E-state index in [0.29, 0.717) is 5.82 Å². The van der Waals surface area contributed by atoms with Crippen molar-refractivity contribution in [1.82, 2.24) is 14.9 Å². The second-order valence-electron chi connectivity index (χ2n) is 3.86. The van der Waals surface area contributed by atoms with Gasteiger partial charge in [0.15, 0.2) is 0 Å². The number of alkyl halides is 2. The Morgan fingerprint density at radius 2 is 2.19 bits per heavy atom. The van der Waals surface area contributed by atoms with Crippen LogP contribution in [0.15, 0.2) is 12.4 Å². The van der Waals surface area contributed by atoms with Crippen molar-refractivity contribution >= 4 is 0 Å². The van der Waals surface area contributed by atoms with Crippen LogP contribution in [0.5, 0.6) is 0 Å². The first-order valence-corrected chi connectivity index (χ1v) is 5.20. The van der Waals surface area contributed by atoms with E-state index < -0.39 is 6.55 Å². The molecule has 0 saturated carbocycles. The first kappa shape index (κ1) is 13.1. The first-order chi connectivity index (χ1) is 7.56. The summed E-state index contributed by atoms with van der Waals surface area (Å²) < 4.78 is 25.8.